The van der Waals surface area contributed by atoms with Crippen LogP contribution in [0.1, 0.15) is 6.92 Å². The van der Waals surface area contributed by atoms with Crippen LogP contribution in [0.2, 0.25) is 0 Å². The van der Waals surface area contributed by atoms with Gasteiger partial charge in [-0.2, -0.15) is 17.3 Å². The predicted octanol–water partition coefficient (Wildman–Crippen LogP) is -0.231. The molecular weight excluding hydrogens is 288 g/mol. The van der Waals surface area contributed by atoms with Crippen LogP contribution in [-0.4, -0.2) is 45.0 Å². The number of hydrogen-bond acceptors (Lipinski definition) is 7. The highest BCUT2D eigenvalue weighted by atomic mass is 32.1. The molecule has 0 aliphatic carbocycles. The number of thiol groups is 1. The lowest BCUT2D eigenvalue weighted by atomic mass is 10.3. The summed E-state index contributed by atoms with van der Waals surface area (Å²) in [5.74, 6) is -1.37. The van der Waals surface area contributed by atoms with Crippen LogP contribution in [0, 0.1) is 10.1 Å². The van der Waals surface area contributed by atoms with Gasteiger partial charge < -0.3 is 20.2 Å². The molecule has 0 aromatic carbocycles. The first-order valence-corrected chi connectivity index (χ1v) is 6.35. The first kappa shape index (κ1) is 16.0. The molecule has 0 unspecified atom stereocenters. The van der Waals surface area contributed by atoms with E-state index in [-0.39, 0.29) is 24.7 Å². The van der Waals surface area contributed by atoms with E-state index in [0.717, 1.165) is 4.68 Å². The van der Waals surface area contributed by atoms with Crippen molar-refractivity contribution in [3.05, 3.63) is 22.4 Å². The number of esters is 1. The third-order valence-corrected chi connectivity index (χ3v) is 2.57. The van der Waals surface area contributed by atoms with Crippen LogP contribution in [0.25, 0.3) is 0 Å². The molecule has 0 aliphatic rings. The molecule has 1 aromatic heterocycles. The fourth-order valence-corrected chi connectivity index (χ4v) is 1.59. The first-order chi connectivity index (χ1) is 9.47. The number of nitrogens with one attached hydrogen (secondary N) is 1. The number of nitrogens with zero attached hydrogens (tertiary/aromatic N) is 3. The lowest BCUT2D eigenvalue weighted by Gasteiger charge is -2.14. The molecule has 0 radical (unpaired) electrons. The lowest BCUT2D eigenvalue weighted by molar-refractivity contribution is -0.389. The number of amides is 1. The third kappa shape index (κ3) is 4.53. The van der Waals surface area contributed by atoms with Gasteiger partial charge in [-0.15, -0.1) is 0 Å². The van der Waals surface area contributed by atoms with Gasteiger partial charge in [-0.1, -0.05) is 0 Å². The minimum absolute atomic E-state index is 0.0871. The zero-order chi connectivity index (χ0) is 15.1. The standard InChI is InChI=1S/C10H14N4O5S/c1-2-19-10(16)7(6-20)11-9(15)5-13-4-3-8(12-13)14(17)18/h3-4,7,20H,2,5-6H2,1H3,(H,11,15)/t7-/m0/s1. The zero-order valence-electron chi connectivity index (χ0n) is 10.7. The highest BCUT2D eigenvalue weighted by Crippen LogP contribution is 2.05. The highest BCUT2D eigenvalue weighted by Gasteiger charge is 2.21. The number of carbonyl (C=O) groups is 2. The smallest absolute Gasteiger partial charge is 0.389 e. The summed E-state index contributed by atoms with van der Waals surface area (Å²) in [6.45, 7) is 1.61. The van der Waals surface area contributed by atoms with Crippen LogP contribution >= 0.6 is 12.6 Å². The maximum atomic E-state index is 11.7. The minimum atomic E-state index is -0.865. The van der Waals surface area contributed by atoms with E-state index in [0.29, 0.717) is 0 Å². The molecule has 1 aromatic rings. The fourth-order valence-electron chi connectivity index (χ4n) is 1.35. The maximum Gasteiger partial charge on any atom is 0.389 e. The molecule has 10 heteroatoms. The number of ether oxygens (including phenoxy) is 1. The van der Waals surface area contributed by atoms with E-state index in [1.807, 2.05) is 0 Å². The molecule has 20 heavy (non-hydrogen) atoms. The van der Waals surface area contributed by atoms with Crippen molar-refractivity contribution < 1.29 is 19.2 Å². The Morgan fingerprint density at radius 1 is 1.65 bits per heavy atom. The van der Waals surface area contributed by atoms with E-state index in [1.165, 1.54) is 12.3 Å². The van der Waals surface area contributed by atoms with Crippen molar-refractivity contribution in [3.63, 3.8) is 0 Å². The molecule has 1 N–H and O–H groups in total. The van der Waals surface area contributed by atoms with Gasteiger partial charge in [-0.05, 0) is 11.8 Å². The van der Waals surface area contributed by atoms with E-state index in [2.05, 4.69) is 23.0 Å². The SMILES string of the molecule is CCOC(=O)[C@H](CS)NC(=O)Cn1ccc([N+](=O)[O-])n1. The van der Waals surface area contributed by atoms with Crippen LogP contribution in [0.15, 0.2) is 12.3 Å². The third-order valence-electron chi connectivity index (χ3n) is 2.21. The van der Waals surface area contributed by atoms with Gasteiger partial charge in [-0.25, -0.2) is 4.79 Å². The number of nitro groups is 1. The second-order valence-electron chi connectivity index (χ2n) is 3.68. The Bertz CT molecular complexity index is 504. The van der Waals surface area contributed by atoms with Gasteiger partial charge in [-0.3, -0.25) is 4.79 Å². The Morgan fingerprint density at radius 3 is 2.85 bits per heavy atom. The molecule has 0 fully saturated rings. The summed E-state index contributed by atoms with van der Waals surface area (Å²) in [6, 6.07) is 0.311. The summed E-state index contributed by atoms with van der Waals surface area (Å²) in [4.78, 5) is 32.9. The molecular formula is C10H14N4O5S. The number of carbonyl (C=O) groups excluding carboxylic acids is 2. The highest BCUT2D eigenvalue weighted by molar-refractivity contribution is 7.80. The molecule has 1 heterocycles. The molecule has 110 valence electrons. The zero-order valence-corrected chi connectivity index (χ0v) is 11.6. The average molecular weight is 302 g/mol. The van der Waals surface area contributed by atoms with E-state index in [1.54, 1.807) is 6.92 Å². The Morgan fingerprint density at radius 2 is 2.35 bits per heavy atom. The van der Waals surface area contributed by atoms with Gasteiger partial charge in [0.25, 0.3) is 0 Å². The van der Waals surface area contributed by atoms with Crippen LogP contribution in [-0.2, 0) is 20.9 Å². The minimum Gasteiger partial charge on any atom is -0.464 e. The van der Waals surface area contributed by atoms with Gasteiger partial charge in [0.1, 0.15) is 12.6 Å². The van der Waals surface area contributed by atoms with Crippen molar-refractivity contribution >= 4 is 30.3 Å². The van der Waals surface area contributed by atoms with E-state index >= 15 is 0 Å². The van der Waals surface area contributed by atoms with Gasteiger partial charge in [0.15, 0.2) is 0 Å². The van der Waals surface area contributed by atoms with Gasteiger partial charge in [0.2, 0.25) is 5.91 Å². The normalized spacial score (nSPS) is 11.7. The van der Waals surface area contributed by atoms with Gasteiger partial charge in [0.05, 0.1) is 24.0 Å². The van der Waals surface area contributed by atoms with E-state index in [4.69, 9.17) is 4.74 Å². The number of aromatic nitrogens is 2. The molecule has 1 atom stereocenters. The van der Waals surface area contributed by atoms with Crippen LogP contribution in [0.3, 0.4) is 0 Å². The summed E-state index contributed by atoms with van der Waals surface area (Å²) in [6.07, 6.45) is 1.30. The molecule has 0 saturated carbocycles. The quantitative estimate of drug-likeness (QED) is 0.311. The van der Waals surface area contributed by atoms with Crippen molar-refractivity contribution in [2.75, 3.05) is 12.4 Å². The molecule has 0 aliphatic heterocycles. The Hall–Kier alpha value is -2.10. The molecule has 1 rings (SSSR count). The number of rotatable bonds is 7. The van der Waals surface area contributed by atoms with Crippen LogP contribution < -0.4 is 5.32 Å². The van der Waals surface area contributed by atoms with Crippen molar-refractivity contribution in [1.29, 1.82) is 0 Å². The Labute approximate surface area is 119 Å². The van der Waals surface area contributed by atoms with Crippen molar-refractivity contribution in [1.82, 2.24) is 15.1 Å². The summed E-state index contributed by atoms with van der Waals surface area (Å²) in [5.41, 5.74) is 0. The topological polar surface area (TPSA) is 116 Å². The Kier molecular flexibility index (Phi) is 5.97. The molecule has 0 bridgehead atoms. The maximum absolute atomic E-state index is 11.7. The monoisotopic (exact) mass is 302 g/mol. The largest absolute Gasteiger partial charge is 0.464 e. The Balaban J connectivity index is 2.57. The van der Waals surface area contributed by atoms with Crippen molar-refractivity contribution in [3.8, 4) is 0 Å². The van der Waals surface area contributed by atoms with E-state index in [9.17, 15) is 19.7 Å². The fraction of sp³-hybridized carbons (Fsp3) is 0.500. The first-order valence-electron chi connectivity index (χ1n) is 5.72. The summed E-state index contributed by atoms with van der Waals surface area (Å²) in [5, 5.41) is 16.4. The predicted molar refractivity (Wildman–Crippen MR) is 71.3 cm³/mol. The average Bonchev–Trinajstić information content (AvgIpc) is 2.84. The number of hydrogen-bond donors (Lipinski definition) is 2. The summed E-state index contributed by atoms with van der Waals surface area (Å²) >= 11 is 3.95. The van der Waals surface area contributed by atoms with Gasteiger partial charge in [0, 0.05) is 5.75 Å². The second kappa shape index (κ2) is 7.48. The van der Waals surface area contributed by atoms with Gasteiger partial charge >= 0.3 is 11.8 Å². The van der Waals surface area contributed by atoms with Crippen molar-refractivity contribution in [2.45, 2.75) is 19.5 Å². The second-order valence-corrected chi connectivity index (χ2v) is 4.05. The van der Waals surface area contributed by atoms with Crippen LogP contribution in [0.4, 0.5) is 5.82 Å². The summed E-state index contributed by atoms with van der Waals surface area (Å²) < 4.78 is 5.87. The van der Waals surface area contributed by atoms with Crippen molar-refractivity contribution in [2.24, 2.45) is 0 Å². The molecule has 9 nitrogen and oxygen atoms in total. The van der Waals surface area contributed by atoms with Crippen LogP contribution in [0.5, 0.6) is 0 Å². The lowest BCUT2D eigenvalue weighted by Crippen LogP contribution is -2.44. The molecule has 0 saturated heterocycles. The van der Waals surface area contributed by atoms with E-state index < -0.39 is 22.8 Å². The summed E-state index contributed by atoms with van der Waals surface area (Å²) in [7, 11) is 0. The molecule has 1 amide bonds. The molecule has 0 spiro atoms.